The number of nitro benzene ring substituents is 1. The third-order valence-electron chi connectivity index (χ3n) is 2.52. The molecule has 0 heterocycles. The van der Waals surface area contributed by atoms with Gasteiger partial charge in [0.05, 0.1) is 14.4 Å². The van der Waals surface area contributed by atoms with Crippen LogP contribution in [0.1, 0.15) is 5.56 Å². The fraction of sp³-hybridized carbons (Fsp3) is 0.0769. The molecule has 0 fully saturated rings. The summed E-state index contributed by atoms with van der Waals surface area (Å²) in [5.74, 6) is 0.435. The molecule has 0 spiro atoms. The standard InChI is InChI=1S/C13H8BrCl2NO3/c14-9-5-4-8(6-11(9)17(18)19)7-20-12-3-1-2-10(15)13(12)16/h1-6H,7H2. The van der Waals surface area contributed by atoms with Crippen molar-refractivity contribution in [2.75, 3.05) is 0 Å². The number of halogens is 3. The molecule has 0 unspecified atom stereocenters. The van der Waals surface area contributed by atoms with Crippen molar-refractivity contribution in [1.29, 1.82) is 0 Å². The fourth-order valence-electron chi connectivity index (χ4n) is 1.54. The molecule has 104 valence electrons. The van der Waals surface area contributed by atoms with Crippen molar-refractivity contribution in [2.24, 2.45) is 0 Å². The molecule has 0 saturated heterocycles. The van der Waals surface area contributed by atoms with E-state index in [9.17, 15) is 10.1 Å². The van der Waals surface area contributed by atoms with Gasteiger partial charge in [-0.2, -0.15) is 0 Å². The van der Waals surface area contributed by atoms with Crippen LogP contribution in [0.3, 0.4) is 0 Å². The molecule has 0 aromatic heterocycles. The van der Waals surface area contributed by atoms with Crippen LogP contribution in [0.4, 0.5) is 5.69 Å². The number of hydrogen-bond acceptors (Lipinski definition) is 3. The molecular weight excluding hydrogens is 369 g/mol. The number of nitro groups is 1. The molecule has 0 radical (unpaired) electrons. The van der Waals surface area contributed by atoms with Gasteiger partial charge in [0.15, 0.2) is 0 Å². The molecule has 0 amide bonds. The zero-order valence-electron chi connectivity index (χ0n) is 9.98. The molecular formula is C13H8BrCl2NO3. The third kappa shape index (κ3) is 3.42. The van der Waals surface area contributed by atoms with Crippen molar-refractivity contribution in [3.05, 3.63) is 66.6 Å². The van der Waals surface area contributed by atoms with E-state index in [2.05, 4.69) is 15.9 Å². The van der Waals surface area contributed by atoms with E-state index in [0.29, 0.717) is 25.8 Å². The monoisotopic (exact) mass is 375 g/mol. The smallest absolute Gasteiger partial charge is 0.283 e. The highest BCUT2D eigenvalue weighted by molar-refractivity contribution is 9.10. The molecule has 0 atom stereocenters. The lowest BCUT2D eigenvalue weighted by atomic mass is 10.2. The highest BCUT2D eigenvalue weighted by Gasteiger charge is 2.13. The second-order valence-corrected chi connectivity index (χ2v) is 5.52. The van der Waals surface area contributed by atoms with Crippen molar-refractivity contribution in [3.8, 4) is 5.75 Å². The Morgan fingerprint density at radius 2 is 2.00 bits per heavy atom. The second-order valence-electron chi connectivity index (χ2n) is 3.88. The number of nitrogens with zero attached hydrogens (tertiary/aromatic N) is 1. The van der Waals surface area contributed by atoms with E-state index in [0.717, 1.165) is 0 Å². The number of ether oxygens (including phenoxy) is 1. The first-order chi connectivity index (χ1) is 9.49. The van der Waals surface area contributed by atoms with Gasteiger partial charge in [0.1, 0.15) is 17.4 Å². The van der Waals surface area contributed by atoms with Gasteiger partial charge in [-0.25, -0.2) is 0 Å². The highest BCUT2D eigenvalue weighted by Crippen LogP contribution is 2.32. The van der Waals surface area contributed by atoms with Crippen molar-refractivity contribution in [2.45, 2.75) is 6.61 Å². The molecule has 4 nitrogen and oxygen atoms in total. The van der Waals surface area contributed by atoms with Crippen molar-refractivity contribution < 1.29 is 9.66 Å². The van der Waals surface area contributed by atoms with Crippen LogP contribution in [0.5, 0.6) is 5.75 Å². The molecule has 0 bridgehead atoms. The lowest BCUT2D eigenvalue weighted by molar-refractivity contribution is -0.385. The first kappa shape index (κ1) is 15.1. The maximum atomic E-state index is 10.8. The minimum atomic E-state index is -0.458. The van der Waals surface area contributed by atoms with E-state index in [-0.39, 0.29) is 12.3 Å². The van der Waals surface area contributed by atoms with Crippen LogP contribution in [0.25, 0.3) is 0 Å². The molecule has 0 N–H and O–H groups in total. The molecule has 2 rings (SSSR count). The van der Waals surface area contributed by atoms with Gasteiger partial charge < -0.3 is 4.74 Å². The summed E-state index contributed by atoms with van der Waals surface area (Å²) in [6, 6.07) is 9.84. The molecule has 7 heteroatoms. The predicted molar refractivity (Wildman–Crippen MR) is 81.6 cm³/mol. The molecule has 0 aliphatic heterocycles. The van der Waals surface area contributed by atoms with Crippen molar-refractivity contribution >= 4 is 44.8 Å². The van der Waals surface area contributed by atoms with Crippen LogP contribution >= 0.6 is 39.1 Å². The summed E-state index contributed by atoms with van der Waals surface area (Å²) < 4.78 is 5.95. The van der Waals surface area contributed by atoms with Gasteiger partial charge >= 0.3 is 0 Å². The van der Waals surface area contributed by atoms with E-state index in [1.54, 1.807) is 30.3 Å². The predicted octanol–water partition coefficient (Wildman–Crippen LogP) is 5.24. The van der Waals surface area contributed by atoms with Crippen LogP contribution < -0.4 is 4.74 Å². The Kier molecular flexibility index (Phi) is 4.86. The molecule has 2 aromatic rings. The van der Waals surface area contributed by atoms with E-state index in [4.69, 9.17) is 27.9 Å². The van der Waals surface area contributed by atoms with Crippen LogP contribution in [0, 0.1) is 10.1 Å². The largest absolute Gasteiger partial charge is 0.487 e. The topological polar surface area (TPSA) is 52.4 Å². The summed E-state index contributed by atoms with van der Waals surface area (Å²) in [7, 11) is 0. The van der Waals surface area contributed by atoms with E-state index < -0.39 is 4.92 Å². The van der Waals surface area contributed by atoms with E-state index in [1.807, 2.05) is 0 Å². The number of hydrogen-bond donors (Lipinski definition) is 0. The van der Waals surface area contributed by atoms with Gasteiger partial charge in [-0.15, -0.1) is 0 Å². The van der Waals surface area contributed by atoms with Crippen molar-refractivity contribution in [1.82, 2.24) is 0 Å². The van der Waals surface area contributed by atoms with E-state index in [1.165, 1.54) is 6.07 Å². The lowest BCUT2D eigenvalue weighted by Crippen LogP contribution is -1.98. The first-order valence-electron chi connectivity index (χ1n) is 5.48. The normalized spacial score (nSPS) is 10.3. The first-order valence-corrected chi connectivity index (χ1v) is 7.03. The Balaban J connectivity index is 2.17. The summed E-state index contributed by atoms with van der Waals surface area (Å²) in [6.07, 6.45) is 0. The molecule has 0 aliphatic carbocycles. The van der Waals surface area contributed by atoms with Gasteiger partial charge in [0.25, 0.3) is 5.69 Å². The SMILES string of the molecule is O=[N+]([O-])c1cc(COc2cccc(Cl)c2Cl)ccc1Br. The van der Waals surface area contributed by atoms with Gasteiger partial charge in [-0.1, -0.05) is 35.3 Å². The molecule has 2 aromatic carbocycles. The molecule has 0 aliphatic rings. The van der Waals surface area contributed by atoms with Crippen LogP contribution in [0.15, 0.2) is 40.9 Å². The zero-order valence-corrected chi connectivity index (χ0v) is 13.1. The lowest BCUT2D eigenvalue weighted by Gasteiger charge is -2.09. The zero-order chi connectivity index (χ0) is 14.7. The minimum absolute atomic E-state index is 0.0108. The summed E-state index contributed by atoms with van der Waals surface area (Å²) in [5.41, 5.74) is 0.652. The van der Waals surface area contributed by atoms with Gasteiger partial charge in [0, 0.05) is 6.07 Å². The Morgan fingerprint density at radius 3 is 2.70 bits per heavy atom. The fourth-order valence-corrected chi connectivity index (χ4v) is 2.28. The summed E-state index contributed by atoms with van der Waals surface area (Å²) in [6.45, 7) is 0.161. The second kappa shape index (κ2) is 6.43. The minimum Gasteiger partial charge on any atom is -0.487 e. The Labute approximate surface area is 133 Å². The quantitative estimate of drug-likeness (QED) is 0.541. The summed E-state index contributed by atoms with van der Waals surface area (Å²) >= 11 is 15.0. The van der Waals surface area contributed by atoms with Gasteiger partial charge in [-0.3, -0.25) is 10.1 Å². The third-order valence-corrected chi connectivity index (χ3v) is 3.99. The average molecular weight is 377 g/mol. The van der Waals surface area contributed by atoms with Crippen LogP contribution in [-0.4, -0.2) is 4.92 Å². The maximum Gasteiger partial charge on any atom is 0.283 e. The van der Waals surface area contributed by atoms with Crippen molar-refractivity contribution in [3.63, 3.8) is 0 Å². The Hall–Kier alpha value is -1.30. The van der Waals surface area contributed by atoms with Crippen LogP contribution in [0.2, 0.25) is 10.0 Å². The Morgan fingerprint density at radius 1 is 1.25 bits per heavy atom. The summed E-state index contributed by atoms with van der Waals surface area (Å²) in [4.78, 5) is 10.4. The average Bonchev–Trinajstić information content (AvgIpc) is 2.41. The van der Waals surface area contributed by atoms with Gasteiger partial charge in [0.2, 0.25) is 0 Å². The Bertz CT molecular complexity index is 664. The summed E-state index contributed by atoms with van der Waals surface area (Å²) in [5, 5.41) is 11.6. The number of rotatable bonds is 4. The maximum absolute atomic E-state index is 10.8. The number of benzene rings is 2. The molecule has 0 saturated carbocycles. The molecule has 20 heavy (non-hydrogen) atoms. The van der Waals surface area contributed by atoms with Crippen LogP contribution in [-0.2, 0) is 6.61 Å². The highest BCUT2D eigenvalue weighted by atomic mass is 79.9. The van der Waals surface area contributed by atoms with E-state index >= 15 is 0 Å². The van der Waals surface area contributed by atoms with Gasteiger partial charge in [-0.05, 0) is 39.7 Å².